The molecule has 2 rings (SSSR count). The Morgan fingerprint density at radius 1 is 1.11 bits per heavy atom. The maximum absolute atomic E-state index is 5.29. The Morgan fingerprint density at radius 2 is 1.89 bits per heavy atom. The van der Waals surface area contributed by atoms with Crippen LogP contribution in [0.2, 0.25) is 0 Å². The molecule has 0 aromatic carbocycles. The van der Waals surface area contributed by atoms with Crippen LogP contribution in [0.3, 0.4) is 0 Å². The van der Waals surface area contributed by atoms with Gasteiger partial charge >= 0.3 is 0 Å². The summed E-state index contributed by atoms with van der Waals surface area (Å²) in [6, 6.07) is 8.08. The van der Waals surface area contributed by atoms with Gasteiger partial charge in [-0.15, -0.1) is 0 Å². The SMILES string of the molecule is COc1ncccc1-c1ccc(C(C)C)nc1C. The second-order valence-corrected chi connectivity index (χ2v) is 4.58. The van der Waals surface area contributed by atoms with Gasteiger partial charge in [0.05, 0.1) is 7.11 Å². The van der Waals surface area contributed by atoms with E-state index >= 15 is 0 Å². The third-order valence-electron chi connectivity index (χ3n) is 2.95. The average molecular weight is 242 g/mol. The molecule has 94 valence electrons. The number of hydrogen-bond acceptors (Lipinski definition) is 3. The maximum atomic E-state index is 5.29. The van der Waals surface area contributed by atoms with E-state index in [0.29, 0.717) is 11.8 Å². The van der Waals surface area contributed by atoms with Crippen molar-refractivity contribution in [1.82, 2.24) is 9.97 Å². The summed E-state index contributed by atoms with van der Waals surface area (Å²) in [5, 5.41) is 0. The van der Waals surface area contributed by atoms with Gasteiger partial charge in [0.25, 0.3) is 0 Å². The highest BCUT2D eigenvalue weighted by Crippen LogP contribution is 2.30. The van der Waals surface area contributed by atoms with Crippen LogP contribution in [0, 0.1) is 6.92 Å². The predicted molar refractivity (Wildman–Crippen MR) is 72.8 cm³/mol. The van der Waals surface area contributed by atoms with Crippen molar-refractivity contribution in [1.29, 1.82) is 0 Å². The van der Waals surface area contributed by atoms with Gasteiger partial charge in [-0.3, -0.25) is 4.98 Å². The Balaban J connectivity index is 2.51. The zero-order valence-electron chi connectivity index (χ0n) is 11.3. The van der Waals surface area contributed by atoms with Gasteiger partial charge in [0.15, 0.2) is 0 Å². The van der Waals surface area contributed by atoms with Crippen LogP contribution in [0.5, 0.6) is 5.88 Å². The molecule has 0 aliphatic carbocycles. The minimum atomic E-state index is 0.438. The first-order valence-corrected chi connectivity index (χ1v) is 6.10. The monoisotopic (exact) mass is 242 g/mol. The lowest BCUT2D eigenvalue weighted by Gasteiger charge is -2.12. The standard InChI is InChI=1S/C15H18N2O/c1-10(2)14-8-7-12(11(3)17-14)13-6-5-9-16-15(13)18-4/h5-10H,1-4H3. The fourth-order valence-corrected chi connectivity index (χ4v) is 1.95. The molecule has 0 saturated heterocycles. The lowest BCUT2D eigenvalue weighted by molar-refractivity contribution is 0.399. The third kappa shape index (κ3) is 2.35. The van der Waals surface area contributed by atoms with Crippen LogP contribution in [0.1, 0.15) is 31.2 Å². The number of pyridine rings is 2. The van der Waals surface area contributed by atoms with Gasteiger partial charge in [-0.2, -0.15) is 0 Å². The molecule has 2 aromatic heterocycles. The van der Waals surface area contributed by atoms with E-state index in [4.69, 9.17) is 4.74 Å². The van der Waals surface area contributed by atoms with Gasteiger partial charge in [0, 0.05) is 28.7 Å². The van der Waals surface area contributed by atoms with Crippen LogP contribution in [0.4, 0.5) is 0 Å². The van der Waals surface area contributed by atoms with Gasteiger partial charge in [0.1, 0.15) is 0 Å². The Kier molecular flexibility index (Phi) is 3.60. The number of methoxy groups -OCH3 is 1. The summed E-state index contributed by atoms with van der Waals surface area (Å²) in [4.78, 5) is 8.86. The molecule has 0 fully saturated rings. The molecule has 0 N–H and O–H groups in total. The molecule has 2 aromatic rings. The minimum Gasteiger partial charge on any atom is -0.481 e. The largest absolute Gasteiger partial charge is 0.481 e. The smallest absolute Gasteiger partial charge is 0.221 e. The first kappa shape index (κ1) is 12.6. The highest BCUT2D eigenvalue weighted by atomic mass is 16.5. The summed E-state index contributed by atoms with van der Waals surface area (Å²) >= 11 is 0. The average Bonchev–Trinajstić information content (AvgIpc) is 2.38. The summed E-state index contributed by atoms with van der Waals surface area (Å²) in [5.74, 6) is 1.08. The minimum absolute atomic E-state index is 0.438. The quantitative estimate of drug-likeness (QED) is 0.825. The summed E-state index contributed by atoms with van der Waals surface area (Å²) in [5.41, 5.74) is 4.18. The topological polar surface area (TPSA) is 35.0 Å². The van der Waals surface area contributed by atoms with Crippen molar-refractivity contribution in [3.8, 4) is 17.0 Å². The normalized spacial score (nSPS) is 10.7. The van der Waals surface area contributed by atoms with Gasteiger partial charge < -0.3 is 4.74 Å². The van der Waals surface area contributed by atoms with Crippen LogP contribution in [-0.2, 0) is 0 Å². The van der Waals surface area contributed by atoms with E-state index < -0.39 is 0 Å². The summed E-state index contributed by atoms with van der Waals surface area (Å²) in [7, 11) is 1.64. The molecule has 0 aliphatic heterocycles. The first-order chi connectivity index (χ1) is 8.63. The molecule has 3 heteroatoms. The second-order valence-electron chi connectivity index (χ2n) is 4.58. The number of hydrogen-bond donors (Lipinski definition) is 0. The van der Waals surface area contributed by atoms with Gasteiger partial charge in [-0.05, 0) is 31.0 Å². The molecule has 0 bridgehead atoms. The zero-order valence-corrected chi connectivity index (χ0v) is 11.3. The van der Waals surface area contributed by atoms with Gasteiger partial charge in [0.2, 0.25) is 5.88 Å². The molecule has 18 heavy (non-hydrogen) atoms. The number of aromatic nitrogens is 2. The van der Waals surface area contributed by atoms with E-state index in [0.717, 1.165) is 22.5 Å². The fourth-order valence-electron chi connectivity index (χ4n) is 1.95. The molecule has 0 unspecified atom stereocenters. The molecule has 0 radical (unpaired) electrons. The van der Waals surface area contributed by atoms with Crippen LogP contribution in [-0.4, -0.2) is 17.1 Å². The van der Waals surface area contributed by atoms with Crippen LogP contribution in [0.25, 0.3) is 11.1 Å². The van der Waals surface area contributed by atoms with Gasteiger partial charge in [-0.1, -0.05) is 19.9 Å². The molecule has 0 aliphatic rings. The lowest BCUT2D eigenvalue weighted by atomic mass is 10.0. The van der Waals surface area contributed by atoms with Crippen molar-refractivity contribution in [2.24, 2.45) is 0 Å². The van der Waals surface area contributed by atoms with E-state index in [1.165, 1.54) is 0 Å². The van der Waals surface area contributed by atoms with Gasteiger partial charge in [-0.25, -0.2) is 4.98 Å². The molecule has 0 atom stereocenters. The number of ether oxygens (including phenoxy) is 1. The van der Waals surface area contributed by atoms with E-state index in [1.54, 1.807) is 13.3 Å². The highest BCUT2D eigenvalue weighted by molar-refractivity contribution is 5.70. The second kappa shape index (κ2) is 5.17. The van der Waals surface area contributed by atoms with E-state index in [9.17, 15) is 0 Å². The number of rotatable bonds is 3. The molecule has 0 amide bonds. The fraction of sp³-hybridized carbons (Fsp3) is 0.333. The molecule has 0 spiro atoms. The maximum Gasteiger partial charge on any atom is 0.221 e. The Morgan fingerprint density at radius 3 is 2.50 bits per heavy atom. The van der Waals surface area contributed by atoms with Crippen molar-refractivity contribution in [2.75, 3.05) is 7.11 Å². The van der Waals surface area contributed by atoms with E-state index in [2.05, 4.69) is 35.9 Å². The summed E-state index contributed by atoms with van der Waals surface area (Å²) < 4.78 is 5.29. The predicted octanol–water partition coefficient (Wildman–Crippen LogP) is 3.58. The van der Waals surface area contributed by atoms with Crippen molar-refractivity contribution in [3.63, 3.8) is 0 Å². The van der Waals surface area contributed by atoms with Crippen molar-refractivity contribution >= 4 is 0 Å². The first-order valence-electron chi connectivity index (χ1n) is 6.10. The van der Waals surface area contributed by atoms with Crippen molar-refractivity contribution in [3.05, 3.63) is 41.9 Å². The highest BCUT2D eigenvalue weighted by Gasteiger charge is 2.11. The molecule has 0 saturated carbocycles. The summed E-state index contributed by atoms with van der Waals surface area (Å²) in [6.45, 7) is 6.31. The van der Waals surface area contributed by atoms with Crippen LogP contribution >= 0.6 is 0 Å². The van der Waals surface area contributed by atoms with Crippen LogP contribution < -0.4 is 4.74 Å². The third-order valence-corrected chi connectivity index (χ3v) is 2.95. The van der Waals surface area contributed by atoms with E-state index in [1.807, 2.05) is 19.1 Å². The van der Waals surface area contributed by atoms with E-state index in [-0.39, 0.29) is 0 Å². The number of nitrogens with zero attached hydrogens (tertiary/aromatic N) is 2. The molecule has 3 nitrogen and oxygen atoms in total. The molecular weight excluding hydrogens is 224 g/mol. The Labute approximate surface area is 108 Å². The number of aryl methyl sites for hydroxylation is 1. The zero-order chi connectivity index (χ0) is 13.1. The lowest BCUT2D eigenvalue weighted by Crippen LogP contribution is -1.98. The summed E-state index contributed by atoms with van der Waals surface area (Å²) in [6.07, 6.45) is 1.73. The molecule has 2 heterocycles. The Bertz CT molecular complexity index is 550. The van der Waals surface area contributed by atoms with Crippen LogP contribution in [0.15, 0.2) is 30.5 Å². The Hall–Kier alpha value is -1.90. The molecular formula is C15H18N2O. The van der Waals surface area contributed by atoms with Crippen molar-refractivity contribution in [2.45, 2.75) is 26.7 Å². The van der Waals surface area contributed by atoms with Crippen molar-refractivity contribution < 1.29 is 4.74 Å².